The molecule has 0 fully saturated rings. The zero-order chi connectivity index (χ0) is 12.6. The Bertz CT molecular complexity index is 576. The first-order chi connectivity index (χ1) is 8.64. The first kappa shape index (κ1) is 11.3. The fraction of sp³-hybridized carbons (Fsp3) is 0.312. The highest BCUT2D eigenvalue weighted by molar-refractivity contribution is 5.59. The van der Waals surface area contributed by atoms with Gasteiger partial charge in [0.25, 0.3) is 0 Å². The average molecular weight is 238 g/mol. The molecule has 1 aliphatic carbocycles. The lowest BCUT2D eigenvalue weighted by atomic mass is 9.81. The molecule has 0 unspecified atom stereocenters. The van der Waals surface area contributed by atoms with Gasteiger partial charge in [0.15, 0.2) is 0 Å². The number of nitrogens with one attached hydrogen (secondary N) is 1. The molecule has 0 spiro atoms. The van der Waals surface area contributed by atoms with Gasteiger partial charge in [-0.05, 0) is 17.4 Å². The maximum Gasteiger partial charge on any atom is 0.0740 e. The highest BCUT2D eigenvalue weighted by Crippen LogP contribution is 2.32. The van der Waals surface area contributed by atoms with Crippen LogP contribution in [0, 0.1) is 5.41 Å². The maximum atomic E-state index is 4.48. The summed E-state index contributed by atoms with van der Waals surface area (Å²) in [5.41, 5.74) is 5.27. The molecule has 0 atom stereocenters. The van der Waals surface area contributed by atoms with Gasteiger partial charge in [0.2, 0.25) is 0 Å². The van der Waals surface area contributed by atoms with Gasteiger partial charge < -0.3 is 0 Å². The Balaban J connectivity index is 1.90. The SMILES string of the molecule is CC1(C)C=Cc2c(Cc3ccccc3)n[nH]c2C1. The van der Waals surface area contributed by atoms with E-state index in [9.17, 15) is 0 Å². The molecule has 1 aromatic heterocycles. The topological polar surface area (TPSA) is 28.7 Å². The van der Waals surface area contributed by atoms with Crippen molar-refractivity contribution in [3.05, 3.63) is 58.9 Å². The Morgan fingerprint density at radius 2 is 2.00 bits per heavy atom. The molecule has 3 rings (SSSR count). The highest BCUT2D eigenvalue weighted by atomic mass is 15.1. The van der Waals surface area contributed by atoms with E-state index < -0.39 is 0 Å². The molecular weight excluding hydrogens is 220 g/mol. The number of hydrogen-bond acceptors (Lipinski definition) is 1. The third-order valence-corrected chi connectivity index (χ3v) is 3.51. The summed E-state index contributed by atoms with van der Waals surface area (Å²) in [5, 5.41) is 7.68. The number of hydrogen-bond donors (Lipinski definition) is 1. The van der Waals surface area contributed by atoms with Gasteiger partial charge in [-0.1, -0.05) is 56.3 Å². The fourth-order valence-electron chi connectivity index (χ4n) is 2.51. The van der Waals surface area contributed by atoms with E-state index in [0.29, 0.717) is 0 Å². The Morgan fingerprint density at radius 3 is 2.78 bits per heavy atom. The molecule has 1 aromatic carbocycles. The van der Waals surface area contributed by atoms with Crippen molar-refractivity contribution >= 4 is 6.08 Å². The summed E-state index contributed by atoms with van der Waals surface area (Å²) < 4.78 is 0. The monoisotopic (exact) mass is 238 g/mol. The standard InChI is InChI=1S/C16H18N2/c1-16(2)9-8-13-14(17-18-15(13)11-16)10-12-6-4-3-5-7-12/h3-9H,10-11H2,1-2H3,(H,17,18). The lowest BCUT2D eigenvalue weighted by Crippen LogP contribution is -2.15. The van der Waals surface area contributed by atoms with Crippen molar-refractivity contribution in [1.82, 2.24) is 10.2 Å². The largest absolute Gasteiger partial charge is 0.282 e. The molecule has 0 bridgehead atoms. The Labute approximate surface area is 108 Å². The molecular formula is C16H18N2. The second-order valence-corrected chi connectivity index (χ2v) is 5.72. The summed E-state index contributed by atoms with van der Waals surface area (Å²) in [5.74, 6) is 0. The van der Waals surface area contributed by atoms with E-state index in [1.54, 1.807) is 0 Å². The van der Waals surface area contributed by atoms with Crippen molar-refractivity contribution in [2.45, 2.75) is 26.7 Å². The minimum Gasteiger partial charge on any atom is -0.282 e. The van der Waals surface area contributed by atoms with E-state index in [-0.39, 0.29) is 5.41 Å². The number of rotatable bonds is 2. The molecule has 0 radical (unpaired) electrons. The van der Waals surface area contributed by atoms with E-state index in [1.807, 2.05) is 6.07 Å². The van der Waals surface area contributed by atoms with Crippen molar-refractivity contribution < 1.29 is 0 Å². The number of nitrogens with zero attached hydrogens (tertiary/aromatic N) is 1. The van der Waals surface area contributed by atoms with Crippen LogP contribution in [-0.4, -0.2) is 10.2 Å². The summed E-state index contributed by atoms with van der Waals surface area (Å²) in [4.78, 5) is 0. The first-order valence-corrected chi connectivity index (χ1v) is 6.43. The second-order valence-electron chi connectivity index (χ2n) is 5.72. The van der Waals surface area contributed by atoms with Crippen LogP contribution in [0.4, 0.5) is 0 Å². The van der Waals surface area contributed by atoms with Crippen molar-refractivity contribution in [2.75, 3.05) is 0 Å². The number of allylic oxidation sites excluding steroid dienone is 1. The van der Waals surface area contributed by atoms with Crippen LogP contribution in [0.25, 0.3) is 6.08 Å². The van der Waals surface area contributed by atoms with Gasteiger partial charge in [0.05, 0.1) is 5.69 Å². The van der Waals surface area contributed by atoms with Gasteiger partial charge in [-0.15, -0.1) is 0 Å². The van der Waals surface area contributed by atoms with Gasteiger partial charge in [-0.2, -0.15) is 5.10 Å². The van der Waals surface area contributed by atoms with E-state index in [4.69, 9.17) is 0 Å². The molecule has 2 nitrogen and oxygen atoms in total. The fourth-order valence-corrected chi connectivity index (χ4v) is 2.51. The number of aromatic nitrogens is 2. The van der Waals surface area contributed by atoms with E-state index in [2.05, 4.69) is 60.5 Å². The third kappa shape index (κ3) is 2.10. The quantitative estimate of drug-likeness (QED) is 0.851. The molecule has 0 aliphatic heterocycles. The van der Waals surface area contributed by atoms with Crippen LogP contribution >= 0.6 is 0 Å². The Morgan fingerprint density at radius 1 is 1.22 bits per heavy atom. The molecule has 2 aromatic rings. The van der Waals surface area contributed by atoms with Crippen LogP contribution in [-0.2, 0) is 12.8 Å². The second kappa shape index (κ2) is 4.13. The molecule has 0 saturated heterocycles. The van der Waals surface area contributed by atoms with Crippen LogP contribution in [0.1, 0.15) is 36.4 Å². The third-order valence-electron chi connectivity index (χ3n) is 3.51. The van der Waals surface area contributed by atoms with Crippen molar-refractivity contribution in [3.8, 4) is 0 Å². The van der Waals surface area contributed by atoms with Gasteiger partial charge in [0, 0.05) is 17.7 Å². The summed E-state index contributed by atoms with van der Waals surface area (Å²) in [6, 6.07) is 10.5. The zero-order valence-electron chi connectivity index (χ0n) is 10.9. The van der Waals surface area contributed by atoms with Gasteiger partial charge >= 0.3 is 0 Å². The van der Waals surface area contributed by atoms with Gasteiger partial charge in [-0.25, -0.2) is 0 Å². The molecule has 1 heterocycles. The predicted octanol–water partition coefficient (Wildman–Crippen LogP) is 3.60. The molecule has 92 valence electrons. The van der Waals surface area contributed by atoms with Gasteiger partial charge in [0.1, 0.15) is 0 Å². The summed E-state index contributed by atoms with van der Waals surface area (Å²) in [6.45, 7) is 4.51. The van der Waals surface area contributed by atoms with Crippen LogP contribution in [0.3, 0.4) is 0 Å². The van der Waals surface area contributed by atoms with Crippen LogP contribution in [0.15, 0.2) is 36.4 Å². The Kier molecular flexibility index (Phi) is 2.58. The first-order valence-electron chi connectivity index (χ1n) is 6.43. The van der Waals surface area contributed by atoms with Crippen molar-refractivity contribution in [2.24, 2.45) is 5.41 Å². The highest BCUT2D eigenvalue weighted by Gasteiger charge is 2.24. The maximum absolute atomic E-state index is 4.48. The molecule has 0 amide bonds. The zero-order valence-corrected chi connectivity index (χ0v) is 10.9. The van der Waals surface area contributed by atoms with Crippen LogP contribution < -0.4 is 0 Å². The van der Waals surface area contributed by atoms with Crippen molar-refractivity contribution in [1.29, 1.82) is 0 Å². The van der Waals surface area contributed by atoms with E-state index in [0.717, 1.165) is 18.5 Å². The number of fused-ring (bicyclic) bond motifs is 1. The van der Waals surface area contributed by atoms with Crippen molar-refractivity contribution in [3.63, 3.8) is 0 Å². The summed E-state index contributed by atoms with van der Waals surface area (Å²) in [7, 11) is 0. The smallest absolute Gasteiger partial charge is 0.0740 e. The van der Waals surface area contributed by atoms with Crippen LogP contribution in [0.5, 0.6) is 0 Å². The number of benzene rings is 1. The minimum atomic E-state index is 0.240. The lowest BCUT2D eigenvalue weighted by Gasteiger charge is -2.23. The molecule has 0 saturated carbocycles. The molecule has 2 heteroatoms. The average Bonchev–Trinajstić information content (AvgIpc) is 2.71. The molecule has 1 N–H and O–H groups in total. The minimum absolute atomic E-state index is 0.240. The molecule has 18 heavy (non-hydrogen) atoms. The Hall–Kier alpha value is -1.83. The van der Waals surface area contributed by atoms with E-state index in [1.165, 1.54) is 16.8 Å². The number of H-pyrrole nitrogens is 1. The van der Waals surface area contributed by atoms with Gasteiger partial charge in [-0.3, -0.25) is 5.10 Å². The number of aromatic amines is 1. The predicted molar refractivity (Wildman–Crippen MR) is 74.4 cm³/mol. The summed E-state index contributed by atoms with van der Waals surface area (Å²) >= 11 is 0. The summed E-state index contributed by atoms with van der Waals surface area (Å²) in [6.07, 6.45) is 6.46. The lowest BCUT2D eigenvalue weighted by molar-refractivity contribution is 0.468. The van der Waals surface area contributed by atoms with E-state index >= 15 is 0 Å². The molecule has 1 aliphatic rings. The normalized spacial score (nSPS) is 16.6. The van der Waals surface area contributed by atoms with Crippen LogP contribution in [0.2, 0.25) is 0 Å².